The van der Waals surface area contributed by atoms with Gasteiger partial charge in [0, 0.05) is 10.0 Å². The van der Waals surface area contributed by atoms with Crippen LogP contribution >= 0.6 is 63.0 Å². The van der Waals surface area contributed by atoms with Gasteiger partial charge in [-0.1, -0.05) is 65.1 Å². The van der Waals surface area contributed by atoms with E-state index in [9.17, 15) is 4.79 Å². The first-order valence-electron chi connectivity index (χ1n) is 7.02. The van der Waals surface area contributed by atoms with Crippen LogP contribution in [0.25, 0.3) is 0 Å². The number of thiocarbonyl (C=S) groups is 1. The van der Waals surface area contributed by atoms with Crippen molar-refractivity contribution in [3.05, 3.63) is 64.6 Å². The Balaban J connectivity index is 2.06. The van der Waals surface area contributed by atoms with Crippen molar-refractivity contribution in [2.45, 2.75) is 9.96 Å². The van der Waals surface area contributed by atoms with Crippen molar-refractivity contribution in [1.29, 1.82) is 0 Å². The van der Waals surface area contributed by atoms with Gasteiger partial charge in [0.05, 0.1) is 5.69 Å². The number of anilines is 1. The number of hydrogen-bond acceptors (Lipinski definition) is 2. The van der Waals surface area contributed by atoms with E-state index in [1.54, 1.807) is 30.3 Å². The molecule has 0 heterocycles. The number of nitrogens with one attached hydrogen (secondary N) is 3. The average Bonchev–Trinajstić information content (AvgIpc) is 2.56. The summed E-state index contributed by atoms with van der Waals surface area (Å²) in [7, 11) is 0. The number of carbonyl (C=O) groups excluding carboxylic acids is 1. The molecule has 0 saturated carbocycles. The second-order valence-electron chi connectivity index (χ2n) is 4.89. The Morgan fingerprint density at radius 1 is 1.00 bits per heavy atom. The summed E-state index contributed by atoms with van der Waals surface area (Å²) in [4.78, 5) is 12.3. The molecule has 132 valence electrons. The highest BCUT2D eigenvalue weighted by Gasteiger charge is 2.34. The van der Waals surface area contributed by atoms with Gasteiger partial charge in [-0.25, -0.2) is 0 Å². The molecule has 0 aliphatic heterocycles. The number of carbonyl (C=O) groups is 1. The second-order valence-corrected chi connectivity index (χ2v) is 8.52. The maximum Gasteiger partial charge on any atom is 0.252 e. The molecule has 1 unspecified atom stereocenters. The zero-order valence-corrected chi connectivity index (χ0v) is 17.3. The lowest BCUT2D eigenvalue weighted by Crippen LogP contribution is -2.56. The number of alkyl halides is 3. The smallest absolute Gasteiger partial charge is 0.252 e. The molecule has 2 aromatic rings. The number of hydrogen-bond donors (Lipinski definition) is 3. The van der Waals surface area contributed by atoms with Crippen molar-refractivity contribution in [1.82, 2.24) is 10.6 Å². The Morgan fingerprint density at radius 3 is 2.20 bits per heavy atom. The molecular formula is C16H13BrCl3N3OS. The van der Waals surface area contributed by atoms with Crippen molar-refractivity contribution in [2.75, 3.05) is 5.32 Å². The minimum Gasteiger partial charge on any atom is -0.339 e. The molecule has 1 amide bonds. The van der Waals surface area contributed by atoms with Gasteiger partial charge in [-0.05, 0) is 52.4 Å². The third kappa shape index (κ3) is 6.31. The molecule has 0 bridgehead atoms. The second kappa shape index (κ2) is 9.05. The molecule has 1 atom stereocenters. The van der Waals surface area contributed by atoms with E-state index in [-0.39, 0.29) is 5.11 Å². The summed E-state index contributed by atoms with van der Waals surface area (Å²) < 4.78 is -0.998. The Labute approximate surface area is 174 Å². The summed E-state index contributed by atoms with van der Waals surface area (Å²) >= 11 is 26.5. The fourth-order valence-electron chi connectivity index (χ4n) is 1.86. The van der Waals surface area contributed by atoms with E-state index in [0.29, 0.717) is 5.56 Å². The fraction of sp³-hybridized carbons (Fsp3) is 0.125. The van der Waals surface area contributed by atoms with E-state index in [2.05, 4.69) is 31.9 Å². The first-order valence-corrected chi connectivity index (χ1v) is 9.35. The SMILES string of the molecule is O=C(NC(NC(=S)Nc1ccccc1Br)C(Cl)(Cl)Cl)c1ccccc1. The minimum absolute atomic E-state index is 0.191. The number of benzene rings is 2. The lowest BCUT2D eigenvalue weighted by Gasteiger charge is -2.28. The van der Waals surface area contributed by atoms with E-state index < -0.39 is 15.9 Å². The summed E-state index contributed by atoms with van der Waals surface area (Å²) in [5.41, 5.74) is 1.17. The third-order valence-corrected chi connectivity index (χ3v) is 4.60. The topological polar surface area (TPSA) is 53.2 Å². The zero-order valence-electron chi connectivity index (χ0n) is 12.6. The van der Waals surface area contributed by atoms with Crippen LogP contribution in [0.15, 0.2) is 59.1 Å². The molecule has 0 fully saturated rings. The van der Waals surface area contributed by atoms with Crippen LogP contribution in [0, 0.1) is 0 Å². The Hall–Kier alpha value is -1.05. The van der Waals surface area contributed by atoms with Gasteiger partial charge in [0.1, 0.15) is 6.17 Å². The van der Waals surface area contributed by atoms with Gasteiger partial charge in [0.15, 0.2) is 5.11 Å². The van der Waals surface area contributed by atoms with Crippen LogP contribution in [0.2, 0.25) is 0 Å². The molecule has 0 radical (unpaired) electrons. The third-order valence-electron chi connectivity index (χ3n) is 3.04. The number of halogens is 4. The van der Waals surface area contributed by atoms with E-state index in [1.807, 2.05) is 24.3 Å². The van der Waals surface area contributed by atoms with Gasteiger partial charge in [-0.15, -0.1) is 0 Å². The van der Waals surface area contributed by atoms with E-state index in [4.69, 9.17) is 47.0 Å². The molecular weight excluding hydrogens is 469 g/mol. The summed E-state index contributed by atoms with van der Waals surface area (Å²) in [5, 5.41) is 8.59. The van der Waals surface area contributed by atoms with Gasteiger partial charge in [-0.2, -0.15) is 0 Å². The zero-order chi connectivity index (χ0) is 18.4. The molecule has 0 aliphatic rings. The highest BCUT2D eigenvalue weighted by molar-refractivity contribution is 9.10. The molecule has 9 heteroatoms. The molecule has 0 spiro atoms. The molecule has 0 aliphatic carbocycles. The predicted octanol–water partition coefficient (Wildman–Crippen LogP) is 4.86. The maximum atomic E-state index is 12.3. The van der Waals surface area contributed by atoms with Crippen molar-refractivity contribution in [3.63, 3.8) is 0 Å². The molecule has 2 aromatic carbocycles. The molecule has 25 heavy (non-hydrogen) atoms. The van der Waals surface area contributed by atoms with Crippen LogP contribution in [0.5, 0.6) is 0 Å². The quantitative estimate of drug-likeness (QED) is 0.332. The monoisotopic (exact) mass is 479 g/mol. The lowest BCUT2D eigenvalue weighted by atomic mass is 10.2. The normalized spacial score (nSPS) is 12.2. The number of para-hydroxylation sites is 1. The largest absolute Gasteiger partial charge is 0.339 e. The van der Waals surface area contributed by atoms with Gasteiger partial charge in [0.2, 0.25) is 3.79 Å². The molecule has 0 saturated heterocycles. The van der Waals surface area contributed by atoms with Crippen LogP contribution in [0.1, 0.15) is 10.4 Å². The molecule has 0 aromatic heterocycles. The summed E-state index contributed by atoms with van der Waals surface area (Å²) in [5.74, 6) is -0.395. The van der Waals surface area contributed by atoms with Crippen LogP contribution in [0.4, 0.5) is 5.69 Å². The summed E-state index contributed by atoms with van der Waals surface area (Å²) in [6, 6.07) is 16.0. The van der Waals surface area contributed by atoms with Crippen LogP contribution in [-0.4, -0.2) is 21.0 Å². The van der Waals surface area contributed by atoms with Crippen molar-refractivity contribution >= 4 is 79.7 Å². The van der Waals surface area contributed by atoms with Gasteiger partial charge in [-0.3, -0.25) is 4.79 Å². The molecule has 3 N–H and O–H groups in total. The van der Waals surface area contributed by atoms with E-state index >= 15 is 0 Å². The fourth-order valence-corrected chi connectivity index (χ4v) is 2.79. The Bertz CT molecular complexity index is 756. The summed E-state index contributed by atoms with van der Waals surface area (Å²) in [6.07, 6.45) is -1.03. The van der Waals surface area contributed by atoms with Crippen LogP contribution in [-0.2, 0) is 0 Å². The highest BCUT2D eigenvalue weighted by Crippen LogP contribution is 2.29. The van der Waals surface area contributed by atoms with Crippen LogP contribution < -0.4 is 16.0 Å². The molecule has 4 nitrogen and oxygen atoms in total. The predicted molar refractivity (Wildman–Crippen MR) is 111 cm³/mol. The van der Waals surface area contributed by atoms with Crippen LogP contribution in [0.3, 0.4) is 0 Å². The standard InChI is InChI=1S/C16H13BrCl3N3OS/c17-11-8-4-5-9-12(11)21-15(25)23-14(16(18,19)20)22-13(24)10-6-2-1-3-7-10/h1-9,14H,(H,22,24)(H2,21,23,25). The van der Waals surface area contributed by atoms with E-state index in [0.717, 1.165) is 10.2 Å². The maximum absolute atomic E-state index is 12.3. The van der Waals surface area contributed by atoms with Crippen molar-refractivity contribution in [3.8, 4) is 0 Å². The van der Waals surface area contributed by atoms with Crippen molar-refractivity contribution in [2.24, 2.45) is 0 Å². The Morgan fingerprint density at radius 2 is 1.60 bits per heavy atom. The average molecular weight is 482 g/mol. The molecule has 2 rings (SSSR count). The van der Waals surface area contributed by atoms with E-state index in [1.165, 1.54) is 0 Å². The minimum atomic E-state index is -1.82. The first kappa shape index (κ1) is 20.3. The van der Waals surface area contributed by atoms with Gasteiger partial charge in [0.25, 0.3) is 5.91 Å². The highest BCUT2D eigenvalue weighted by atomic mass is 79.9. The number of rotatable bonds is 4. The van der Waals surface area contributed by atoms with Crippen molar-refractivity contribution < 1.29 is 4.79 Å². The summed E-state index contributed by atoms with van der Waals surface area (Å²) in [6.45, 7) is 0. The first-order chi connectivity index (χ1) is 11.8. The Kier molecular flexibility index (Phi) is 7.34. The van der Waals surface area contributed by atoms with Gasteiger partial charge < -0.3 is 16.0 Å². The number of amides is 1. The lowest BCUT2D eigenvalue weighted by molar-refractivity contribution is 0.0934. The van der Waals surface area contributed by atoms with Gasteiger partial charge >= 0.3 is 0 Å².